The molecule has 0 heterocycles. The molecule has 0 aromatic rings. The summed E-state index contributed by atoms with van der Waals surface area (Å²) in [6, 6.07) is 0. The molecule has 10 heavy (non-hydrogen) atoms. The van der Waals surface area contributed by atoms with Gasteiger partial charge in [0, 0.05) is 7.11 Å². The fourth-order valence-electron chi connectivity index (χ4n) is 0.689. The third-order valence-electron chi connectivity index (χ3n) is 1.32. The number of halogens is 2. The van der Waals surface area contributed by atoms with E-state index in [-0.39, 0.29) is 0 Å². The van der Waals surface area contributed by atoms with Crippen molar-refractivity contribution in [1.82, 2.24) is 0 Å². The minimum Gasteiger partial charge on any atom is -0.357 e. The first kappa shape index (κ1) is 8.12. The van der Waals surface area contributed by atoms with Crippen molar-refractivity contribution in [2.45, 2.75) is 10.4 Å². The fraction of sp³-hybridized carbons (Fsp3) is 0.429. The fourth-order valence-corrected chi connectivity index (χ4v) is 1.06. The van der Waals surface area contributed by atoms with Gasteiger partial charge in [-0.05, 0) is 12.2 Å². The number of rotatable bonds is 1. The first-order valence-corrected chi connectivity index (χ1v) is 3.66. The van der Waals surface area contributed by atoms with Gasteiger partial charge in [-0.25, -0.2) is 0 Å². The largest absolute Gasteiger partial charge is 0.357 e. The van der Waals surface area contributed by atoms with Crippen molar-refractivity contribution in [2.24, 2.45) is 0 Å². The highest BCUT2D eigenvalue weighted by molar-refractivity contribution is 6.33. The van der Waals surface area contributed by atoms with E-state index in [0.717, 1.165) is 0 Å². The Morgan fingerprint density at radius 2 is 2.40 bits per heavy atom. The number of hydrogen-bond donors (Lipinski definition) is 0. The van der Waals surface area contributed by atoms with Gasteiger partial charge >= 0.3 is 0 Å². The number of methoxy groups -OCH3 is 1. The van der Waals surface area contributed by atoms with E-state index in [1.165, 1.54) is 7.11 Å². The lowest BCUT2D eigenvalue weighted by atomic mass is 10.1. The first-order chi connectivity index (χ1) is 4.69. The van der Waals surface area contributed by atoms with Crippen molar-refractivity contribution in [1.29, 1.82) is 0 Å². The summed E-state index contributed by atoms with van der Waals surface area (Å²) < 4.78 is 4.96. The molecule has 2 unspecified atom stereocenters. The summed E-state index contributed by atoms with van der Waals surface area (Å²) in [5.74, 6) is 0. The predicted molar refractivity (Wildman–Crippen MR) is 42.2 cm³/mol. The lowest BCUT2D eigenvalue weighted by Gasteiger charge is -2.26. The second kappa shape index (κ2) is 2.95. The van der Waals surface area contributed by atoms with Crippen molar-refractivity contribution < 1.29 is 4.74 Å². The van der Waals surface area contributed by atoms with Gasteiger partial charge in [0.25, 0.3) is 0 Å². The molecule has 0 aromatic heterocycles. The van der Waals surface area contributed by atoms with Crippen molar-refractivity contribution in [3.05, 3.63) is 24.3 Å². The van der Waals surface area contributed by atoms with Gasteiger partial charge in [-0.1, -0.05) is 23.8 Å². The summed E-state index contributed by atoms with van der Waals surface area (Å²) >= 11 is 11.7. The molecule has 1 aliphatic carbocycles. The van der Waals surface area contributed by atoms with E-state index in [2.05, 4.69) is 6.08 Å². The molecule has 0 fully saturated rings. The summed E-state index contributed by atoms with van der Waals surface area (Å²) in [6.07, 6.45) is 8.00. The van der Waals surface area contributed by atoms with Crippen LogP contribution in [0.3, 0.4) is 0 Å². The summed E-state index contributed by atoms with van der Waals surface area (Å²) in [5, 5.41) is -1.32. The van der Waals surface area contributed by atoms with Crippen LogP contribution in [0.15, 0.2) is 18.2 Å². The Kier molecular flexibility index (Phi) is 2.40. The molecule has 3 heteroatoms. The van der Waals surface area contributed by atoms with Crippen LogP contribution in [0.4, 0.5) is 0 Å². The quantitative estimate of drug-likeness (QED) is 0.558. The lowest BCUT2D eigenvalue weighted by Crippen LogP contribution is -2.33. The molecule has 0 aromatic carbocycles. The molecule has 0 saturated carbocycles. The van der Waals surface area contributed by atoms with E-state index in [1.807, 2.05) is 0 Å². The van der Waals surface area contributed by atoms with Crippen LogP contribution < -0.4 is 0 Å². The smallest absolute Gasteiger partial charge is 0.180 e. The second-order valence-corrected chi connectivity index (χ2v) is 2.98. The molecule has 0 bridgehead atoms. The Morgan fingerprint density at radius 3 is 2.80 bits per heavy atom. The van der Waals surface area contributed by atoms with E-state index in [9.17, 15) is 0 Å². The van der Waals surface area contributed by atoms with Gasteiger partial charge in [-0.2, -0.15) is 0 Å². The van der Waals surface area contributed by atoms with Crippen molar-refractivity contribution in [3.8, 4) is 0 Å². The molecule has 0 spiro atoms. The second-order valence-electron chi connectivity index (χ2n) is 1.96. The highest BCUT2D eigenvalue weighted by Crippen LogP contribution is 2.29. The molecule has 0 amide bonds. The molecule has 2 atom stereocenters. The SMILES string of the molecule is COC1(Cl)C=CC=[C]C1Cl. The molecule has 0 aliphatic heterocycles. The highest BCUT2D eigenvalue weighted by atomic mass is 35.5. The van der Waals surface area contributed by atoms with Crippen LogP contribution >= 0.6 is 23.2 Å². The third kappa shape index (κ3) is 1.36. The van der Waals surface area contributed by atoms with E-state index in [1.54, 1.807) is 18.2 Å². The number of alkyl halides is 2. The first-order valence-electron chi connectivity index (χ1n) is 2.84. The standard InChI is InChI=1S/C7H7Cl2O/c1-10-7(9)5-3-2-4-6(7)8/h2-3,5-6H,1H3. The van der Waals surface area contributed by atoms with Crippen LogP contribution in [-0.4, -0.2) is 17.5 Å². The summed E-state index contributed by atoms with van der Waals surface area (Å²) in [7, 11) is 1.51. The maximum absolute atomic E-state index is 5.89. The summed E-state index contributed by atoms with van der Waals surface area (Å²) in [4.78, 5) is 0. The zero-order valence-corrected chi connectivity index (χ0v) is 6.99. The topological polar surface area (TPSA) is 9.23 Å². The van der Waals surface area contributed by atoms with Crippen molar-refractivity contribution in [3.63, 3.8) is 0 Å². The highest BCUT2D eigenvalue weighted by Gasteiger charge is 2.32. The average Bonchev–Trinajstić information content (AvgIpc) is 1.96. The van der Waals surface area contributed by atoms with E-state index >= 15 is 0 Å². The Balaban J connectivity index is 2.77. The molecule has 0 N–H and O–H groups in total. The number of hydrogen-bond acceptors (Lipinski definition) is 1. The van der Waals surface area contributed by atoms with Crippen LogP contribution in [-0.2, 0) is 4.74 Å². The Hall–Kier alpha value is 0.0200. The van der Waals surface area contributed by atoms with Gasteiger partial charge in [0.15, 0.2) is 5.06 Å². The predicted octanol–water partition coefficient (Wildman–Crippen LogP) is 2.10. The molecule has 1 aliphatic rings. The third-order valence-corrected chi connectivity index (χ3v) is 2.38. The van der Waals surface area contributed by atoms with E-state index in [4.69, 9.17) is 27.9 Å². The molecule has 1 rings (SSSR count). The minimum absolute atomic E-state index is 0.413. The zero-order valence-electron chi connectivity index (χ0n) is 5.47. The van der Waals surface area contributed by atoms with Crippen LogP contribution in [0.2, 0.25) is 0 Å². The molecule has 1 nitrogen and oxygen atoms in total. The monoisotopic (exact) mass is 177 g/mol. The van der Waals surface area contributed by atoms with Gasteiger partial charge in [-0.15, -0.1) is 11.6 Å². The molecule has 0 saturated heterocycles. The Morgan fingerprint density at radius 1 is 1.70 bits per heavy atom. The lowest BCUT2D eigenvalue weighted by molar-refractivity contribution is 0.107. The number of allylic oxidation sites excluding steroid dienone is 2. The minimum atomic E-state index is -0.906. The van der Waals surface area contributed by atoms with E-state index in [0.29, 0.717) is 0 Å². The van der Waals surface area contributed by atoms with Gasteiger partial charge in [0.05, 0.1) is 0 Å². The average molecular weight is 178 g/mol. The van der Waals surface area contributed by atoms with Crippen molar-refractivity contribution in [2.75, 3.05) is 7.11 Å². The number of ether oxygens (including phenoxy) is 1. The van der Waals surface area contributed by atoms with Crippen molar-refractivity contribution >= 4 is 23.2 Å². The van der Waals surface area contributed by atoms with Gasteiger partial charge in [-0.3, -0.25) is 0 Å². The summed E-state index contributed by atoms with van der Waals surface area (Å²) in [6.45, 7) is 0. The Labute approximate surface area is 70.3 Å². The maximum Gasteiger partial charge on any atom is 0.180 e. The summed E-state index contributed by atoms with van der Waals surface area (Å²) in [5.41, 5.74) is 0. The van der Waals surface area contributed by atoms with Crippen LogP contribution in [0, 0.1) is 6.08 Å². The zero-order chi connectivity index (χ0) is 7.61. The van der Waals surface area contributed by atoms with Gasteiger partial charge < -0.3 is 4.74 Å². The molecular weight excluding hydrogens is 171 g/mol. The van der Waals surface area contributed by atoms with Crippen LogP contribution in [0.1, 0.15) is 0 Å². The normalized spacial score (nSPS) is 38.5. The van der Waals surface area contributed by atoms with Crippen LogP contribution in [0.25, 0.3) is 0 Å². The molecule has 55 valence electrons. The van der Waals surface area contributed by atoms with Gasteiger partial charge in [0.1, 0.15) is 5.38 Å². The van der Waals surface area contributed by atoms with E-state index < -0.39 is 10.4 Å². The molecule has 1 radical (unpaired) electrons. The Bertz CT molecular complexity index is 176. The van der Waals surface area contributed by atoms with Crippen LogP contribution in [0.5, 0.6) is 0 Å². The maximum atomic E-state index is 5.89. The van der Waals surface area contributed by atoms with Gasteiger partial charge in [0.2, 0.25) is 0 Å². The molecular formula is C7H7Cl2O.